The van der Waals surface area contributed by atoms with Crippen LogP contribution in [0.5, 0.6) is 5.75 Å². The molecular formula is C23H29N3O4. The van der Waals surface area contributed by atoms with Crippen molar-refractivity contribution in [3.05, 3.63) is 54.1 Å². The molecule has 0 spiro atoms. The molecule has 2 aromatic rings. The lowest BCUT2D eigenvalue weighted by Gasteiger charge is -2.40. The highest BCUT2D eigenvalue weighted by Crippen LogP contribution is 2.24. The van der Waals surface area contributed by atoms with E-state index < -0.39 is 0 Å². The van der Waals surface area contributed by atoms with E-state index in [1.165, 1.54) is 7.11 Å². The Morgan fingerprint density at radius 2 is 1.83 bits per heavy atom. The smallest absolute Gasteiger partial charge is 0.337 e. The van der Waals surface area contributed by atoms with Gasteiger partial charge in [-0.2, -0.15) is 0 Å². The van der Waals surface area contributed by atoms with Gasteiger partial charge in [0.25, 0.3) is 0 Å². The van der Waals surface area contributed by atoms with Crippen LogP contribution in [0, 0.1) is 0 Å². The van der Waals surface area contributed by atoms with E-state index in [1.807, 2.05) is 43.3 Å². The van der Waals surface area contributed by atoms with Gasteiger partial charge < -0.3 is 19.7 Å². The lowest BCUT2D eigenvalue weighted by atomic mass is 10.1. The number of benzene rings is 2. The van der Waals surface area contributed by atoms with Crippen molar-refractivity contribution < 1.29 is 19.1 Å². The molecular weight excluding hydrogens is 382 g/mol. The van der Waals surface area contributed by atoms with Crippen molar-refractivity contribution in [1.29, 1.82) is 0 Å². The number of hydrogen-bond donors (Lipinski definition) is 1. The van der Waals surface area contributed by atoms with Crippen LogP contribution in [0.25, 0.3) is 0 Å². The fourth-order valence-electron chi connectivity index (χ4n) is 3.62. The van der Waals surface area contributed by atoms with Crippen molar-refractivity contribution in [2.75, 3.05) is 50.1 Å². The quantitative estimate of drug-likeness (QED) is 0.707. The highest BCUT2D eigenvalue weighted by Gasteiger charge is 2.25. The van der Waals surface area contributed by atoms with Gasteiger partial charge in [-0.3, -0.25) is 9.69 Å². The fourth-order valence-corrected chi connectivity index (χ4v) is 3.62. The van der Waals surface area contributed by atoms with Gasteiger partial charge in [0.15, 0.2) is 0 Å². The summed E-state index contributed by atoms with van der Waals surface area (Å²) in [6.07, 6.45) is 0. The summed E-state index contributed by atoms with van der Waals surface area (Å²) in [4.78, 5) is 28.6. The van der Waals surface area contributed by atoms with Crippen LogP contribution in [-0.2, 0) is 9.53 Å². The maximum absolute atomic E-state index is 12.6. The number of nitrogens with one attached hydrogen (secondary N) is 1. The van der Waals surface area contributed by atoms with Crippen LogP contribution < -0.4 is 15.0 Å². The van der Waals surface area contributed by atoms with E-state index in [9.17, 15) is 9.59 Å². The molecule has 1 atom stereocenters. The number of nitrogens with zero attached hydrogens (tertiary/aromatic N) is 2. The monoisotopic (exact) mass is 411 g/mol. The Bertz CT molecular complexity index is 869. The van der Waals surface area contributed by atoms with Crippen molar-refractivity contribution in [2.24, 2.45) is 0 Å². The minimum atomic E-state index is -0.336. The first-order valence-corrected chi connectivity index (χ1v) is 10.2. The zero-order valence-corrected chi connectivity index (χ0v) is 17.8. The molecule has 1 unspecified atom stereocenters. The molecule has 0 bridgehead atoms. The molecule has 0 aliphatic carbocycles. The molecule has 0 saturated carbocycles. The highest BCUT2D eigenvalue weighted by atomic mass is 16.5. The zero-order valence-electron chi connectivity index (χ0n) is 17.8. The first kappa shape index (κ1) is 21.6. The van der Waals surface area contributed by atoms with Crippen LogP contribution in [0.1, 0.15) is 24.2 Å². The van der Waals surface area contributed by atoms with E-state index in [0.29, 0.717) is 30.2 Å². The first-order chi connectivity index (χ1) is 14.5. The topological polar surface area (TPSA) is 71.1 Å². The van der Waals surface area contributed by atoms with Gasteiger partial charge in [-0.1, -0.05) is 12.1 Å². The molecule has 1 aliphatic heterocycles. The second kappa shape index (κ2) is 10.1. The van der Waals surface area contributed by atoms with Gasteiger partial charge in [-0.15, -0.1) is 0 Å². The molecule has 30 heavy (non-hydrogen) atoms. The van der Waals surface area contributed by atoms with Crippen LogP contribution in [0.4, 0.5) is 11.4 Å². The van der Waals surface area contributed by atoms with Crippen molar-refractivity contribution >= 4 is 23.3 Å². The van der Waals surface area contributed by atoms with E-state index in [-0.39, 0.29) is 17.9 Å². The number of methoxy groups -OCH3 is 1. The fraction of sp³-hybridized carbons (Fsp3) is 0.391. The van der Waals surface area contributed by atoms with Gasteiger partial charge in [0.05, 0.1) is 31.5 Å². The van der Waals surface area contributed by atoms with Crippen molar-refractivity contribution in [3.63, 3.8) is 0 Å². The molecule has 7 heteroatoms. The SMILES string of the molecule is CCOc1ccccc1NC(=O)CN1CCN(c2ccc(C(=O)OC)cc2)CC1C. The number of carbonyl (C=O) groups is 2. The second-order valence-electron chi connectivity index (χ2n) is 7.28. The summed E-state index contributed by atoms with van der Waals surface area (Å²) in [6, 6.07) is 15.1. The summed E-state index contributed by atoms with van der Waals surface area (Å²) in [5.74, 6) is 0.295. The van der Waals surface area contributed by atoms with Crippen LogP contribution in [0.15, 0.2) is 48.5 Å². The number of anilines is 2. The molecule has 1 aliphatic rings. The predicted octanol–water partition coefficient (Wildman–Crippen LogP) is 3.02. The van der Waals surface area contributed by atoms with E-state index in [4.69, 9.17) is 9.47 Å². The Hall–Kier alpha value is -3.06. The summed E-state index contributed by atoms with van der Waals surface area (Å²) in [5.41, 5.74) is 2.29. The molecule has 1 heterocycles. The van der Waals surface area contributed by atoms with Gasteiger partial charge in [-0.05, 0) is 50.2 Å². The molecule has 3 rings (SSSR count). The number of rotatable bonds is 7. The minimum absolute atomic E-state index is 0.0510. The largest absolute Gasteiger partial charge is 0.492 e. The number of ether oxygens (including phenoxy) is 2. The van der Waals surface area contributed by atoms with Crippen LogP contribution >= 0.6 is 0 Å². The van der Waals surface area contributed by atoms with Gasteiger partial charge in [0.1, 0.15) is 5.75 Å². The average molecular weight is 412 g/mol. The lowest BCUT2D eigenvalue weighted by molar-refractivity contribution is -0.117. The van der Waals surface area contributed by atoms with Crippen molar-refractivity contribution in [1.82, 2.24) is 4.90 Å². The maximum atomic E-state index is 12.6. The minimum Gasteiger partial charge on any atom is -0.492 e. The molecule has 2 aromatic carbocycles. The standard InChI is InChI=1S/C23H29N3O4/c1-4-30-21-8-6-5-7-20(21)24-22(27)16-25-13-14-26(15-17(25)2)19-11-9-18(10-12-19)23(28)29-3/h5-12,17H,4,13-16H2,1-3H3,(H,24,27). The number of piperazine rings is 1. The Morgan fingerprint density at radius 3 is 2.50 bits per heavy atom. The Balaban J connectivity index is 1.55. The number of esters is 1. The molecule has 7 nitrogen and oxygen atoms in total. The van der Waals surface area contributed by atoms with E-state index in [2.05, 4.69) is 22.0 Å². The summed E-state index contributed by atoms with van der Waals surface area (Å²) < 4.78 is 10.3. The molecule has 1 saturated heterocycles. The van der Waals surface area contributed by atoms with Gasteiger partial charge in [0.2, 0.25) is 5.91 Å². The Kier molecular flexibility index (Phi) is 7.30. The van der Waals surface area contributed by atoms with E-state index in [1.54, 1.807) is 12.1 Å². The summed E-state index contributed by atoms with van der Waals surface area (Å²) >= 11 is 0. The molecule has 1 amide bonds. The highest BCUT2D eigenvalue weighted by molar-refractivity contribution is 5.93. The third-order valence-corrected chi connectivity index (χ3v) is 5.23. The number of amides is 1. The zero-order chi connectivity index (χ0) is 21.5. The third kappa shape index (κ3) is 5.30. The number of hydrogen-bond acceptors (Lipinski definition) is 6. The lowest BCUT2D eigenvalue weighted by Crippen LogP contribution is -2.53. The Morgan fingerprint density at radius 1 is 1.10 bits per heavy atom. The average Bonchev–Trinajstić information content (AvgIpc) is 2.76. The maximum Gasteiger partial charge on any atom is 0.337 e. The van der Waals surface area contributed by atoms with E-state index >= 15 is 0 Å². The Labute approximate surface area is 177 Å². The molecule has 1 fully saturated rings. The second-order valence-corrected chi connectivity index (χ2v) is 7.28. The van der Waals surface area contributed by atoms with E-state index in [0.717, 1.165) is 25.3 Å². The van der Waals surface area contributed by atoms with Gasteiger partial charge in [-0.25, -0.2) is 4.79 Å². The molecule has 0 aromatic heterocycles. The normalized spacial score (nSPS) is 16.8. The van der Waals surface area contributed by atoms with Crippen LogP contribution in [-0.4, -0.2) is 62.7 Å². The van der Waals surface area contributed by atoms with Gasteiger partial charge >= 0.3 is 5.97 Å². The first-order valence-electron chi connectivity index (χ1n) is 10.2. The molecule has 0 radical (unpaired) electrons. The van der Waals surface area contributed by atoms with Crippen LogP contribution in [0.3, 0.4) is 0 Å². The predicted molar refractivity (Wildman–Crippen MR) is 117 cm³/mol. The van der Waals surface area contributed by atoms with Crippen molar-refractivity contribution in [2.45, 2.75) is 19.9 Å². The van der Waals surface area contributed by atoms with Crippen molar-refractivity contribution in [3.8, 4) is 5.75 Å². The summed E-state index contributed by atoms with van der Waals surface area (Å²) in [6.45, 7) is 7.31. The number of para-hydroxylation sites is 2. The summed E-state index contributed by atoms with van der Waals surface area (Å²) in [7, 11) is 1.38. The van der Waals surface area contributed by atoms with Crippen LogP contribution in [0.2, 0.25) is 0 Å². The molecule has 1 N–H and O–H groups in total. The third-order valence-electron chi connectivity index (χ3n) is 5.23. The van der Waals surface area contributed by atoms with Gasteiger partial charge in [0, 0.05) is 31.4 Å². The summed E-state index contributed by atoms with van der Waals surface area (Å²) in [5, 5.41) is 2.97. The molecule has 160 valence electrons. The number of carbonyl (C=O) groups excluding carboxylic acids is 2.